The minimum atomic E-state index is 0.552. The van der Waals surface area contributed by atoms with E-state index >= 15 is 0 Å². The third-order valence-corrected chi connectivity index (χ3v) is 3.66. The predicted molar refractivity (Wildman–Crippen MR) is 71.6 cm³/mol. The van der Waals surface area contributed by atoms with Crippen LogP contribution in [-0.2, 0) is 0 Å². The highest BCUT2D eigenvalue weighted by Gasteiger charge is 2.07. The molecule has 0 bridgehead atoms. The SMILES string of the molecule is Cc1ccc(-c2cccc(Cl)c2Cl)cc1Cl. The summed E-state index contributed by atoms with van der Waals surface area (Å²) in [5, 5.41) is 1.84. The topological polar surface area (TPSA) is 0 Å². The lowest BCUT2D eigenvalue weighted by molar-refractivity contribution is 1.47. The minimum Gasteiger partial charge on any atom is -0.0840 e. The molecule has 0 spiro atoms. The second-order valence-electron chi connectivity index (χ2n) is 3.57. The monoisotopic (exact) mass is 270 g/mol. The van der Waals surface area contributed by atoms with Crippen LogP contribution in [0.5, 0.6) is 0 Å². The molecule has 2 aromatic rings. The van der Waals surface area contributed by atoms with Crippen LogP contribution in [0, 0.1) is 6.92 Å². The number of hydrogen-bond donors (Lipinski definition) is 0. The van der Waals surface area contributed by atoms with Gasteiger partial charge in [-0.3, -0.25) is 0 Å². The zero-order valence-electron chi connectivity index (χ0n) is 8.60. The molecule has 0 amide bonds. The summed E-state index contributed by atoms with van der Waals surface area (Å²) in [6.07, 6.45) is 0. The molecule has 0 unspecified atom stereocenters. The van der Waals surface area contributed by atoms with Gasteiger partial charge < -0.3 is 0 Å². The number of halogens is 3. The quantitative estimate of drug-likeness (QED) is 0.631. The number of aryl methyl sites for hydroxylation is 1. The molecule has 82 valence electrons. The van der Waals surface area contributed by atoms with Crippen molar-refractivity contribution in [3.05, 3.63) is 57.0 Å². The van der Waals surface area contributed by atoms with Crippen molar-refractivity contribution in [3.63, 3.8) is 0 Å². The first kappa shape index (κ1) is 11.8. The van der Waals surface area contributed by atoms with Gasteiger partial charge in [0.2, 0.25) is 0 Å². The van der Waals surface area contributed by atoms with E-state index in [2.05, 4.69) is 0 Å². The highest BCUT2D eigenvalue weighted by molar-refractivity contribution is 6.43. The first-order valence-corrected chi connectivity index (χ1v) is 5.93. The van der Waals surface area contributed by atoms with E-state index in [0.29, 0.717) is 10.0 Å². The van der Waals surface area contributed by atoms with Crippen molar-refractivity contribution in [2.24, 2.45) is 0 Å². The summed E-state index contributed by atoms with van der Waals surface area (Å²) < 4.78 is 0. The first-order chi connectivity index (χ1) is 7.59. The summed E-state index contributed by atoms with van der Waals surface area (Å²) in [5.74, 6) is 0. The largest absolute Gasteiger partial charge is 0.0840 e. The Bertz CT molecular complexity index is 533. The van der Waals surface area contributed by atoms with Crippen LogP contribution < -0.4 is 0 Å². The summed E-state index contributed by atoms with van der Waals surface area (Å²) in [6.45, 7) is 1.96. The lowest BCUT2D eigenvalue weighted by Crippen LogP contribution is -1.82. The Hall–Kier alpha value is -0.690. The van der Waals surface area contributed by atoms with Gasteiger partial charge in [-0.2, -0.15) is 0 Å². The van der Waals surface area contributed by atoms with Crippen molar-refractivity contribution in [2.75, 3.05) is 0 Å². The number of rotatable bonds is 1. The first-order valence-electron chi connectivity index (χ1n) is 4.80. The fourth-order valence-corrected chi connectivity index (χ4v) is 2.08. The molecule has 2 rings (SSSR count). The van der Waals surface area contributed by atoms with Crippen LogP contribution in [-0.4, -0.2) is 0 Å². The van der Waals surface area contributed by atoms with Crippen molar-refractivity contribution in [2.45, 2.75) is 6.92 Å². The molecule has 3 heteroatoms. The van der Waals surface area contributed by atoms with Crippen molar-refractivity contribution < 1.29 is 0 Å². The minimum absolute atomic E-state index is 0.552. The van der Waals surface area contributed by atoms with Crippen molar-refractivity contribution >= 4 is 34.8 Å². The molecule has 16 heavy (non-hydrogen) atoms. The molecule has 2 aromatic carbocycles. The zero-order chi connectivity index (χ0) is 11.7. The van der Waals surface area contributed by atoms with Gasteiger partial charge in [0, 0.05) is 10.6 Å². The molecule has 0 aliphatic carbocycles. The van der Waals surface area contributed by atoms with Crippen LogP contribution >= 0.6 is 34.8 Å². The second-order valence-corrected chi connectivity index (χ2v) is 4.76. The molecular weight excluding hydrogens is 263 g/mol. The third kappa shape index (κ3) is 2.20. The van der Waals surface area contributed by atoms with Gasteiger partial charge in [0.25, 0.3) is 0 Å². The maximum atomic E-state index is 6.14. The van der Waals surface area contributed by atoms with Gasteiger partial charge in [-0.15, -0.1) is 0 Å². The van der Waals surface area contributed by atoms with Crippen LogP contribution in [0.2, 0.25) is 15.1 Å². The normalized spacial score (nSPS) is 10.5. The van der Waals surface area contributed by atoms with Crippen LogP contribution in [0.1, 0.15) is 5.56 Å². The Morgan fingerprint density at radius 3 is 2.31 bits per heavy atom. The van der Waals surface area contributed by atoms with E-state index in [1.54, 1.807) is 6.07 Å². The van der Waals surface area contributed by atoms with Gasteiger partial charge in [0.1, 0.15) is 0 Å². The molecule has 0 aliphatic rings. The van der Waals surface area contributed by atoms with Crippen molar-refractivity contribution in [1.82, 2.24) is 0 Å². The molecule has 0 nitrogen and oxygen atoms in total. The van der Waals surface area contributed by atoms with Gasteiger partial charge in [-0.25, -0.2) is 0 Å². The van der Waals surface area contributed by atoms with E-state index in [1.807, 2.05) is 37.3 Å². The molecule has 0 N–H and O–H groups in total. The maximum Gasteiger partial charge on any atom is 0.0670 e. The second kappa shape index (κ2) is 4.67. The molecule has 0 radical (unpaired) electrons. The summed E-state index contributed by atoms with van der Waals surface area (Å²) in [4.78, 5) is 0. The van der Waals surface area contributed by atoms with Crippen molar-refractivity contribution in [3.8, 4) is 11.1 Å². The van der Waals surface area contributed by atoms with E-state index in [1.165, 1.54) is 0 Å². The molecule has 0 fully saturated rings. The van der Waals surface area contributed by atoms with E-state index in [9.17, 15) is 0 Å². The maximum absolute atomic E-state index is 6.14. The van der Waals surface area contributed by atoms with E-state index in [0.717, 1.165) is 21.7 Å². The molecule has 0 saturated carbocycles. The molecule has 0 saturated heterocycles. The van der Waals surface area contributed by atoms with E-state index in [4.69, 9.17) is 34.8 Å². The highest BCUT2D eigenvalue weighted by atomic mass is 35.5. The lowest BCUT2D eigenvalue weighted by atomic mass is 10.0. The van der Waals surface area contributed by atoms with Crippen LogP contribution in [0.25, 0.3) is 11.1 Å². The van der Waals surface area contributed by atoms with Gasteiger partial charge in [-0.05, 0) is 30.2 Å². The molecule has 0 atom stereocenters. The smallest absolute Gasteiger partial charge is 0.0670 e. The highest BCUT2D eigenvalue weighted by Crippen LogP contribution is 2.34. The van der Waals surface area contributed by atoms with Gasteiger partial charge in [0.05, 0.1) is 10.0 Å². The van der Waals surface area contributed by atoms with Crippen LogP contribution in [0.3, 0.4) is 0 Å². The van der Waals surface area contributed by atoms with Crippen LogP contribution in [0.15, 0.2) is 36.4 Å². The Morgan fingerprint density at radius 1 is 0.875 bits per heavy atom. The van der Waals surface area contributed by atoms with E-state index in [-0.39, 0.29) is 0 Å². The molecular formula is C13H9Cl3. The standard InChI is InChI=1S/C13H9Cl3/c1-8-5-6-9(7-12(8)15)10-3-2-4-11(14)13(10)16/h2-7H,1H3. The van der Waals surface area contributed by atoms with Crippen molar-refractivity contribution in [1.29, 1.82) is 0 Å². The number of hydrogen-bond acceptors (Lipinski definition) is 0. The Labute approximate surface area is 110 Å². The Kier molecular flexibility index (Phi) is 3.44. The van der Waals surface area contributed by atoms with Crippen LogP contribution in [0.4, 0.5) is 0 Å². The summed E-state index contributed by atoms with van der Waals surface area (Å²) >= 11 is 18.2. The Morgan fingerprint density at radius 2 is 1.62 bits per heavy atom. The zero-order valence-corrected chi connectivity index (χ0v) is 10.9. The average Bonchev–Trinajstić information content (AvgIpc) is 2.26. The van der Waals surface area contributed by atoms with Gasteiger partial charge in [-0.1, -0.05) is 59.1 Å². The Balaban J connectivity index is 2.59. The fourth-order valence-electron chi connectivity index (χ4n) is 1.49. The van der Waals surface area contributed by atoms with Gasteiger partial charge in [0.15, 0.2) is 0 Å². The lowest BCUT2D eigenvalue weighted by Gasteiger charge is -2.07. The summed E-state index contributed by atoms with van der Waals surface area (Å²) in [7, 11) is 0. The fraction of sp³-hybridized carbons (Fsp3) is 0.0769. The molecule has 0 aromatic heterocycles. The van der Waals surface area contributed by atoms with Gasteiger partial charge >= 0.3 is 0 Å². The van der Waals surface area contributed by atoms with E-state index < -0.39 is 0 Å². The molecule has 0 aliphatic heterocycles. The third-order valence-electron chi connectivity index (χ3n) is 2.43. The summed E-state index contributed by atoms with van der Waals surface area (Å²) in [6, 6.07) is 11.4. The predicted octanol–water partition coefficient (Wildman–Crippen LogP) is 5.62. The number of benzene rings is 2. The average molecular weight is 272 g/mol. The molecule has 0 heterocycles. The summed E-state index contributed by atoms with van der Waals surface area (Å²) in [5.41, 5.74) is 2.92.